The van der Waals surface area contributed by atoms with Crippen LogP contribution in [0.2, 0.25) is 0 Å². The van der Waals surface area contributed by atoms with Gasteiger partial charge >= 0.3 is 0 Å². The van der Waals surface area contributed by atoms with Crippen molar-refractivity contribution in [3.8, 4) is 11.1 Å². The first kappa shape index (κ1) is 14.7. The molecule has 4 heteroatoms. The molecule has 1 aromatic carbocycles. The molecule has 4 rings (SSSR count). The molecule has 3 aromatic rings. The van der Waals surface area contributed by atoms with E-state index in [1.165, 1.54) is 16.7 Å². The van der Waals surface area contributed by atoms with Crippen molar-refractivity contribution in [3.63, 3.8) is 0 Å². The van der Waals surface area contributed by atoms with Crippen LogP contribution >= 0.6 is 22.7 Å². The highest BCUT2D eigenvalue weighted by atomic mass is 32.1. The van der Waals surface area contributed by atoms with Gasteiger partial charge in [-0.05, 0) is 75.3 Å². The number of hydrogen-bond acceptors (Lipinski definition) is 3. The van der Waals surface area contributed by atoms with Crippen molar-refractivity contribution in [3.05, 3.63) is 69.0 Å². The maximum atomic E-state index is 12.9. The number of nitrogens with zero attached hydrogens (tertiary/aromatic N) is 1. The zero-order chi connectivity index (χ0) is 15.6. The molecule has 2 nitrogen and oxygen atoms in total. The van der Waals surface area contributed by atoms with Gasteiger partial charge in [0.1, 0.15) is 0 Å². The smallest absolute Gasteiger partial charge is 0.254 e. The SMILES string of the molecule is O=C(c1ccc(-c2ccsc2)cc1)N(Cc1ccsc1)C1CC1. The lowest BCUT2D eigenvalue weighted by Crippen LogP contribution is -2.32. The first-order valence-corrected chi connectivity index (χ1v) is 9.64. The van der Waals surface area contributed by atoms with Crippen molar-refractivity contribution in [1.82, 2.24) is 4.90 Å². The third kappa shape index (κ3) is 3.23. The van der Waals surface area contributed by atoms with Gasteiger partial charge in [-0.15, -0.1) is 0 Å². The van der Waals surface area contributed by atoms with E-state index in [9.17, 15) is 4.79 Å². The number of benzene rings is 1. The summed E-state index contributed by atoms with van der Waals surface area (Å²) in [5.41, 5.74) is 4.39. The molecule has 0 radical (unpaired) electrons. The Labute approximate surface area is 144 Å². The van der Waals surface area contributed by atoms with Crippen molar-refractivity contribution in [2.45, 2.75) is 25.4 Å². The summed E-state index contributed by atoms with van der Waals surface area (Å²) in [5, 5.41) is 8.40. The lowest BCUT2D eigenvalue weighted by molar-refractivity contribution is 0.0730. The van der Waals surface area contributed by atoms with Crippen LogP contribution in [-0.2, 0) is 6.54 Å². The van der Waals surface area contributed by atoms with E-state index in [-0.39, 0.29) is 5.91 Å². The van der Waals surface area contributed by atoms with Crippen LogP contribution in [0.25, 0.3) is 11.1 Å². The largest absolute Gasteiger partial charge is 0.331 e. The van der Waals surface area contributed by atoms with Gasteiger partial charge in [0.15, 0.2) is 0 Å². The summed E-state index contributed by atoms with van der Waals surface area (Å²) in [6.07, 6.45) is 2.26. The van der Waals surface area contributed by atoms with Crippen molar-refractivity contribution in [1.29, 1.82) is 0 Å². The van der Waals surface area contributed by atoms with E-state index in [0.717, 1.165) is 24.9 Å². The highest BCUT2D eigenvalue weighted by Gasteiger charge is 2.33. The Morgan fingerprint density at radius 2 is 1.70 bits per heavy atom. The fourth-order valence-corrected chi connectivity index (χ4v) is 4.06. The monoisotopic (exact) mass is 339 g/mol. The minimum Gasteiger partial charge on any atom is -0.331 e. The molecule has 0 aliphatic heterocycles. The summed E-state index contributed by atoms with van der Waals surface area (Å²) >= 11 is 3.37. The molecule has 0 unspecified atom stereocenters. The van der Waals surface area contributed by atoms with E-state index in [4.69, 9.17) is 0 Å². The normalized spacial score (nSPS) is 13.9. The summed E-state index contributed by atoms with van der Waals surface area (Å²) in [5.74, 6) is 0.149. The van der Waals surface area contributed by atoms with Crippen molar-refractivity contribution < 1.29 is 4.79 Å². The minimum absolute atomic E-state index is 0.149. The standard InChI is InChI=1S/C19H17NOS2/c21-19(20(18-5-6-18)11-14-7-9-22-12-14)16-3-1-15(2-4-16)17-8-10-23-13-17/h1-4,7-10,12-13,18H,5-6,11H2. The topological polar surface area (TPSA) is 20.3 Å². The van der Waals surface area contributed by atoms with Crippen LogP contribution in [0.3, 0.4) is 0 Å². The molecule has 0 atom stereocenters. The van der Waals surface area contributed by atoms with Crippen LogP contribution in [-0.4, -0.2) is 16.8 Å². The number of thiophene rings is 2. The Morgan fingerprint density at radius 3 is 2.30 bits per heavy atom. The van der Waals surface area contributed by atoms with Crippen LogP contribution in [0.5, 0.6) is 0 Å². The van der Waals surface area contributed by atoms with Gasteiger partial charge in [-0.3, -0.25) is 4.79 Å². The Morgan fingerprint density at radius 1 is 0.957 bits per heavy atom. The van der Waals surface area contributed by atoms with Gasteiger partial charge in [-0.25, -0.2) is 0 Å². The van der Waals surface area contributed by atoms with Gasteiger partial charge in [0.25, 0.3) is 5.91 Å². The predicted octanol–water partition coefficient (Wildman–Crippen LogP) is 5.28. The van der Waals surface area contributed by atoms with Crippen LogP contribution < -0.4 is 0 Å². The molecule has 1 amide bonds. The average molecular weight is 339 g/mol. The van der Waals surface area contributed by atoms with Crippen LogP contribution in [0.1, 0.15) is 28.8 Å². The number of rotatable bonds is 5. The van der Waals surface area contributed by atoms with Crippen molar-refractivity contribution in [2.24, 2.45) is 0 Å². The third-order valence-corrected chi connectivity index (χ3v) is 5.58. The maximum Gasteiger partial charge on any atom is 0.254 e. The zero-order valence-electron chi connectivity index (χ0n) is 12.6. The Hall–Kier alpha value is -1.91. The lowest BCUT2D eigenvalue weighted by Gasteiger charge is -2.22. The van der Waals surface area contributed by atoms with Gasteiger partial charge < -0.3 is 4.90 Å². The van der Waals surface area contributed by atoms with Crippen LogP contribution in [0.15, 0.2) is 57.9 Å². The molecule has 1 aliphatic rings. The Balaban J connectivity index is 1.54. The highest BCUT2D eigenvalue weighted by Crippen LogP contribution is 2.31. The first-order valence-electron chi connectivity index (χ1n) is 7.76. The molecule has 0 saturated heterocycles. The fourth-order valence-electron chi connectivity index (χ4n) is 2.73. The second kappa shape index (κ2) is 6.30. The van der Waals surface area contributed by atoms with Crippen LogP contribution in [0, 0.1) is 0 Å². The molecule has 0 bridgehead atoms. The lowest BCUT2D eigenvalue weighted by atomic mass is 10.1. The summed E-state index contributed by atoms with van der Waals surface area (Å²) < 4.78 is 0. The van der Waals surface area contributed by atoms with E-state index in [1.807, 2.05) is 29.2 Å². The molecule has 0 spiro atoms. The Kier molecular flexibility index (Phi) is 4.02. The molecule has 1 fully saturated rings. The molecule has 0 N–H and O–H groups in total. The molecule has 23 heavy (non-hydrogen) atoms. The second-order valence-electron chi connectivity index (χ2n) is 5.89. The number of carbonyl (C=O) groups excluding carboxylic acids is 1. The molecule has 116 valence electrons. The van der Waals surface area contributed by atoms with Gasteiger partial charge in [0.2, 0.25) is 0 Å². The molecule has 2 heterocycles. The molecule has 1 aliphatic carbocycles. The molecular weight excluding hydrogens is 322 g/mol. The summed E-state index contributed by atoms with van der Waals surface area (Å²) in [6.45, 7) is 0.722. The van der Waals surface area contributed by atoms with Crippen molar-refractivity contribution in [2.75, 3.05) is 0 Å². The zero-order valence-corrected chi connectivity index (χ0v) is 14.3. The number of amides is 1. The quantitative estimate of drug-likeness (QED) is 0.619. The predicted molar refractivity (Wildman–Crippen MR) is 97.0 cm³/mol. The van der Waals surface area contributed by atoms with E-state index < -0.39 is 0 Å². The van der Waals surface area contributed by atoms with E-state index in [2.05, 4.69) is 33.7 Å². The summed E-state index contributed by atoms with van der Waals surface area (Å²) in [7, 11) is 0. The van der Waals surface area contributed by atoms with E-state index in [0.29, 0.717) is 6.04 Å². The van der Waals surface area contributed by atoms with Crippen molar-refractivity contribution >= 4 is 28.6 Å². The number of carbonyl (C=O) groups is 1. The van der Waals surface area contributed by atoms with Gasteiger partial charge in [-0.1, -0.05) is 12.1 Å². The van der Waals surface area contributed by atoms with E-state index in [1.54, 1.807) is 22.7 Å². The number of hydrogen-bond donors (Lipinski definition) is 0. The average Bonchev–Trinajstić information content (AvgIpc) is 3.06. The summed E-state index contributed by atoms with van der Waals surface area (Å²) in [6, 6.07) is 12.6. The van der Waals surface area contributed by atoms with E-state index >= 15 is 0 Å². The maximum absolute atomic E-state index is 12.9. The van der Waals surface area contributed by atoms with Gasteiger partial charge in [0, 0.05) is 18.2 Å². The minimum atomic E-state index is 0.149. The Bertz CT molecular complexity index is 771. The molecule has 2 aromatic heterocycles. The van der Waals surface area contributed by atoms with Gasteiger partial charge in [-0.2, -0.15) is 22.7 Å². The first-order chi connectivity index (χ1) is 11.3. The fraction of sp³-hybridized carbons (Fsp3) is 0.211. The molecular formula is C19H17NOS2. The highest BCUT2D eigenvalue weighted by molar-refractivity contribution is 7.08. The van der Waals surface area contributed by atoms with Crippen LogP contribution in [0.4, 0.5) is 0 Å². The summed E-state index contributed by atoms with van der Waals surface area (Å²) in [4.78, 5) is 14.9. The molecule has 1 saturated carbocycles. The van der Waals surface area contributed by atoms with Gasteiger partial charge in [0.05, 0.1) is 0 Å². The third-order valence-electron chi connectivity index (χ3n) is 4.17. The second-order valence-corrected chi connectivity index (χ2v) is 7.45.